The fourth-order valence-electron chi connectivity index (χ4n) is 4.17. The first kappa shape index (κ1) is 21.5. The Bertz CT molecular complexity index is 1130. The third-order valence-corrected chi connectivity index (χ3v) is 6.17. The third kappa shape index (κ3) is 4.94. The summed E-state index contributed by atoms with van der Waals surface area (Å²) >= 11 is 12.3. The van der Waals surface area contributed by atoms with E-state index in [1.165, 1.54) is 0 Å². The molecule has 0 saturated carbocycles. The maximum atomic E-state index is 13.3. The second kappa shape index (κ2) is 9.16. The first-order valence-corrected chi connectivity index (χ1v) is 10.8. The lowest BCUT2D eigenvalue weighted by molar-refractivity contribution is -0.138. The number of carboxylic acids is 1. The van der Waals surface area contributed by atoms with Crippen molar-refractivity contribution in [1.82, 2.24) is 9.80 Å². The molecule has 31 heavy (non-hydrogen) atoms. The molecule has 0 radical (unpaired) electrons. The maximum Gasteiger partial charge on any atom is 0.320 e. The van der Waals surface area contributed by atoms with Gasteiger partial charge in [-0.3, -0.25) is 4.79 Å². The Kier molecular flexibility index (Phi) is 6.35. The quantitative estimate of drug-likeness (QED) is 0.519. The van der Waals surface area contributed by atoms with Gasteiger partial charge in [-0.25, -0.2) is 4.79 Å². The SMILES string of the molecule is O=C(O)CC1CN(Cc2ccc(Cl)cc2Cl)C(=O)N(Cc2cccc3ccccc23)C1. The number of aliphatic carboxylic acids is 1. The zero-order chi connectivity index (χ0) is 22.0. The van der Waals surface area contributed by atoms with Gasteiger partial charge in [0.15, 0.2) is 0 Å². The van der Waals surface area contributed by atoms with Crippen molar-refractivity contribution in [2.24, 2.45) is 5.92 Å². The topological polar surface area (TPSA) is 60.9 Å². The van der Waals surface area contributed by atoms with Crippen LogP contribution < -0.4 is 0 Å². The fourth-order valence-corrected chi connectivity index (χ4v) is 4.64. The van der Waals surface area contributed by atoms with Crippen molar-refractivity contribution in [2.45, 2.75) is 19.5 Å². The highest BCUT2D eigenvalue weighted by Gasteiger charge is 2.33. The molecule has 5 nitrogen and oxygen atoms in total. The molecule has 0 aliphatic carbocycles. The summed E-state index contributed by atoms with van der Waals surface area (Å²) in [6.45, 7) is 1.49. The Labute approximate surface area is 190 Å². The fraction of sp³-hybridized carbons (Fsp3) is 0.250. The zero-order valence-corrected chi connectivity index (χ0v) is 18.3. The summed E-state index contributed by atoms with van der Waals surface area (Å²) in [5.41, 5.74) is 1.81. The van der Waals surface area contributed by atoms with Gasteiger partial charge in [-0.05, 0) is 34.0 Å². The van der Waals surface area contributed by atoms with Gasteiger partial charge in [-0.2, -0.15) is 0 Å². The van der Waals surface area contributed by atoms with E-state index in [1.54, 1.807) is 28.0 Å². The van der Waals surface area contributed by atoms with Crippen LogP contribution in [0.3, 0.4) is 0 Å². The summed E-state index contributed by atoms with van der Waals surface area (Å²) in [5.74, 6) is -1.04. The Morgan fingerprint density at radius 2 is 1.61 bits per heavy atom. The van der Waals surface area contributed by atoms with Crippen molar-refractivity contribution in [3.63, 3.8) is 0 Å². The highest BCUT2D eigenvalue weighted by molar-refractivity contribution is 6.35. The molecule has 3 aromatic carbocycles. The van der Waals surface area contributed by atoms with Gasteiger partial charge in [0.1, 0.15) is 0 Å². The summed E-state index contributed by atoms with van der Waals surface area (Å²) in [6.07, 6.45) is 0.00413. The van der Waals surface area contributed by atoms with Gasteiger partial charge in [0.2, 0.25) is 0 Å². The standard InChI is InChI=1S/C24H22Cl2N2O3/c25-20-9-8-19(22(26)11-20)15-28-13-16(10-23(29)30)12-27(24(28)31)14-18-6-3-5-17-4-1-2-7-21(17)18/h1-9,11,16H,10,12-15H2,(H,29,30). The van der Waals surface area contributed by atoms with Crippen LogP contribution in [0.2, 0.25) is 10.0 Å². The number of halogens is 2. The smallest absolute Gasteiger partial charge is 0.320 e. The molecule has 1 N–H and O–H groups in total. The molecule has 1 heterocycles. The van der Waals surface area contributed by atoms with Crippen LogP contribution in [0.25, 0.3) is 10.8 Å². The van der Waals surface area contributed by atoms with Crippen LogP contribution >= 0.6 is 23.2 Å². The van der Waals surface area contributed by atoms with E-state index in [-0.39, 0.29) is 18.4 Å². The van der Waals surface area contributed by atoms with Crippen LogP contribution in [-0.4, -0.2) is 40.0 Å². The predicted octanol–water partition coefficient (Wildman–Crippen LogP) is 5.68. The van der Waals surface area contributed by atoms with Gasteiger partial charge in [0, 0.05) is 42.1 Å². The molecule has 3 aromatic rings. The Balaban J connectivity index is 1.61. The molecule has 0 bridgehead atoms. The van der Waals surface area contributed by atoms with E-state index in [9.17, 15) is 14.7 Å². The number of carbonyl (C=O) groups is 2. The van der Waals surface area contributed by atoms with Crippen LogP contribution in [0.5, 0.6) is 0 Å². The first-order valence-electron chi connectivity index (χ1n) is 10.1. The van der Waals surface area contributed by atoms with Crippen LogP contribution in [0, 0.1) is 5.92 Å². The van der Waals surface area contributed by atoms with Crippen molar-refractivity contribution in [3.8, 4) is 0 Å². The molecule has 0 spiro atoms. The molecule has 160 valence electrons. The molecule has 1 unspecified atom stereocenters. The van der Waals surface area contributed by atoms with Crippen molar-refractivity contribution in [3.05, 3.63) is 81.8 Å². The van der Waals surface area contributed by atoms with E-state index in [4.69, 9.17) is 23.2 Å². The predicted molar refractivity (Wildman–Crippen MR) is 122 cm³/mol. The minimum absolute atomic E-state index is 0.00413. The average molecular weight is 457 g/mol. The van der Waals surface area contributed by atoms with E-state index in [2.05, 4.69) is 0 Å². The van der Waals surface area contributed by atoms with Crippen molar-refractivity contribution in [1.29, 1.82) is 0 Å². The highest BCUT2D eigenvalue weighted by Crippen LogP contribution is 2.27. The first-order chi connectivity index (χ1) is 14.9. The molecule has 7 heteroatoms. The molecule has 1 aliphatic rings. The molecule has 0 aromatic heterocycles. The third-order valence-electron chi connectivity index (χ3n) is 5.58. The number of hydrogen-bond acceptors (Lipinski definition) is 2. The minimum atomic E-state index is -0.867. The number of nitrogens with zero attached hydrogens (tertiary/aromatic N) is 2. The summed E-state index contributed by atoms with van der Waals surface area (Å²) in [7, 11) is 0. The number of carboxylic acid groups (broad SMARTS) is 1. The number of carbonyl (C=O) groups excluding carboxylic acids is 1. The molecular formula is C24H22Cl2N2O3. The number of hydrogen-bond donors (Lipinski definition) is 1. The Morgan fingerprint density at radius 3 is 2.32 bits per heavy atom. The monoisotopic (exact) mass is 456 g/mol. The summed E-state index contributed by atoms with van der Waals surface area (Å²) in [5, 5.41) is 12.6. The van der Waals surface area contributed by atoms with Crippen LogP contribution in [0.15, 0.2) is 60.7 Å². The summed E-state index contributed by atoms with van der Waals surface area (Å²) < 4.78 is 0. The van der Waals surface area contributed by atoms with Crippen molar-refractivity contribution in [2.75, 3.05) is 13.1 Å². The van der Waals surface area contributed by atoms with Gasteiger partial charge in [0.05, 0.1) is 6.42 Å². The normalized spacial score (nSPS) is 16.7. The van der Waals surface area contributed by atoms with Gasteiger partial charge in [-0.15, -0.1) is 0 Å². The molecule has 1 aliphatic heterocycles. The Hall–Kier alpha value is -2.76. The molecular weight excluding hydrogens is 435 g/mol. The highest BCUT2D eigenvalue weighted by atomic mass is 35.5. The van der Waals surface area contributed by atoms with E-state index in [1.807, 2.05) is 42.5 Å². The number of rotatable bonds is 6. The number of amides is 2. The van der Waals surface area contributed by atoms with Gasteiger partial charge >= 0.3 is 12.0 Å². The van der Waals surface area contributed by atoms with Crippen molar-refractivity contribution >= 4 is 46.0 Å². The van der Waals surface area contributed by atoms with Crippen LogP contribution in [-0.2, 0) is 17.9 Å². The second-order valence-corrected chi connectivity index (χ2v) is 8.73. The molecule has 2 amide bonds. The van der Waals surface area contributed by atoms with E-state index >= 15 is 0 Å². The lowest BCUT2D eigenvalue weighted by Crippen LogP contribution is -2.53. The number of fused-ring (bicyclic) bond motifs is 1. The summed E-state index contributed by atoms with van der Waals surface area (Å²) in [4.78, 5) is 28.1. The van der Waals surface area contributed by atoms with Gasteiger partial charge in [-0.1, -0.05) is 71.7 Å². The Morgan fingerprint density at radius 1 is 0.935 bits per heavy atom. The number of benzene rings is 3. The lowest BCUT2D eigenvalue weighted by Gasteiger charge is -2.40. The van der Waals surface area contributed by atoms with E-state index in [0.29, 0.717) is 36.2 Å². The van der Waals surface area contributed by atoms with Gasteiger partial charge in [0.25, 0.3) is 0 Å². The summed E-state index contributed by atoms with van der Waals surface area (Å²) in [6, 6.07) is 19.1. The van der Waals surface area contributed by atoms with Crippen molar-refractivity contribution < 1.29 is 14.7 Å². The van der Waals surface area contributed by atoms with Crippen LogP contribution in [0.4, 0.5) is 4.79 Å². The molecule has 1 fully saturated rings. The largest absolute Gasteiger partial charge is 0.481 e. The number of urea groups is 1. The molecule has 4 rings (SSSR count). The van der Waals surface area contributed by atoms with E-state index in [0.717, 1.165) is 21.9 Å². The molecule has 1 saturated heterocycles. The van der Waals surface area contributed by atoms with Gasteiger partial charge < -0.3 is 14.9 Å². The maximum absolute atomic E-state index is 13.3. The average Bonchev–Trinajstić information content (AvgIpc) is 2.73. The zero-order valence-electron chi connectivity index (χ0n) is 16.8. The minimum Gasteiger partial charge on any atom is -0.481 e. The lowest BCUT2D eigenvalue weighted by atomic mass is 9.99. The van der Waals surface area contributed by atoms with Crippen LogP contribution in [0.1, 0.15) is 17.5 Å². The van der Waals surface area contributed by atoms with E-state index < -0.39 is 5.97 Å². The second-order valence-electron chi connectivity index (χ2n) is 7.88. The molecule has 1 atom stereocenters.